The van der Waals surface area contributed by atoms with Gasteiger partial charge in [-0.15, -0.1) is 0 Å². The molecular formula is C22H21BrN2O4. The van der Waals surface area contributed by atoms with Crippen LogP contribution in [0.5, 0.6) is 5.75 Å². The number of nitrogens with zero attached hydrogens (tertiary/aromatic N) is 1. The molecule has 0 atom stereocenters. The summed E-state index contributed by atoms with van der Waals surface area (Å²) < 4.78 is 10.8. The highest BCUT2D eigenvalue weighted by Crippen LogP contribution is 2.27. The average molecular weight is 457 g/mol. The van der Waals surface area contributed by atoms with E-state index in [2.05, 4.69) is 21.2 Å². The number of aryl methyl sites for hydroxylation is 1. The van der Waals surface area contributed by atoms with E-state index >= 15 is 0 Å². The van der Waals surface area contributed by atoms with Crippen LogP contribution < -0.4 is 10.1 Å². The molecule has 0 saturated carbocycles. The SMILES string of the molecule is CCOC(=O)COc1ccc(/C=C(\C#N)C(=O)Nc2cccc(C)c2C)cc1Br. The van der Waals surface area contributed by atoms with E-state index in [1.807, 2.05) is 32.0 Å². The van der Waals surface area contributed by atoms with E-state index in [0.29, 0.717) is 21.5 Å². The first-order valence-electron chi connectivity index (χ1n) is 8.93. The standard InChI is InChI=1S/C22H21BrN2O4/c1-4-28-21(26)13-29-20-9-8-16(11-18(20)23)10-17(12-24)22(27)25-19-7-5-6-14(2)15(19)3/h5-11H,4,13H2,1-3H3,(H,25,27)/b17-10+. The van der Waals surface area contributed by atoms with Gasteiger partial charge in [-0.1, -0.05) is 18.2 Å². The van der Waals surface area contributed by atoms with Crippen molar-refractivity contribution in [2.75, 3.05) is 18.5 Å². The maximum Gasteiger partial charge on any atom is 0.344 e. The van der Waals surface area contributed by atoms with Crippen molar-refractivity contribution in [2.24, 2.45) is 0 Å². The van der Waals surface area contributed by atoms with Gasteiger partial charge in [0.05, 0.1) is 11.1 Å². The first-order chi connectivity index (χ1) is 13.8. The number of benzene rings is 2. The summed E-state index contributed by atoms with van der Waals surface area (Å²) in [4.78, 5) is 23.9. The third kappa shape index (κ3) is 6.19. The second-order valence-corrected chi connectivity index (χ2v) is 7.01. The lowest BCUT2D eigenvalue weighted by Crippen LogP contribution is -2.15. The topological polar surface area (TPSA) is 88.4 Å². The predicted molar refractivity (Wildman–Crippen MR) is 114 cm³/mol. The molecule has 2 rings (SSSR count). The Labute approximate surface area is 178 Å². The van der Waals surface area contributed by atoms with Crippen LogP contribution in [0.15, 0.2) is 46.4 Å². The summed E-state index contributed by atoms with van der Waals surface area (Å²) in [6.45, 7) is 5.66. The van der Waals surface area contributed by atoms with Gasteiger partial charge in [-0.3, -0.25) is 4.79 Å². The number of carbonyl (C=O) groups is 2. The highest BCUT2D eigenvalue weighted by Gasteiger charge is 2.12. The maximum absolute atomic E-state index is 12.5. The third-order valence-corrected chi connectivity index (χ3v) is 4.76. The minimum Gasteiger partial charge on any atom is -0.481 e. The first kappa shape index (κ1) is 22.2. The molecule has 2 aromatic rings. The zero-order chi connectivity index (χ0) is 21.4. The molecule has 0 spiro atoms. The minimum absolute atomic E-state index is 0.0296. The van der Waals surface area contributed by atoms with Crippen LogP contribution in [0.3, 0.4) is 0 Å². The number of hydrogen-bond acceptors (Lipinski definition) is 5. The fraction of sp³-hybridized carbons (Fsp3) is 0.227. The third-order valence-electron chi connectivity index (χ3n) is 4.14. The molecule has 150 valence electrons. The van der Waals surface area contributed by atoms with Gasteiger partial charge in [0.1, 0.15) is 17.4 Å². The van der Waals surface area contributed by atoms with Gasteiger partial charge in [0.25, 0.3) is 5.91 Å². The maximum atomic E-state index is 12.5. The summed E-state index contributed by atoms with van der Waals surface area (Å²) in [5.41, 5.74) is 3.27. The zero-order valence-corrected chi connectivity index (χ0v) is 18.0. The van der Waals surface area contributed by atoms with Gasteiger partial charge in [-0.2, -0.15) is 5.26 Å². The zero-order valence-electron chi connectivity index (χ0n) is 16.4. The number of halogens is 1. The van der Waals surface area contributed by atoms with E-state index < -0.39 is 11.9 Å². The molecule has 1 N–H and O–H groups in total. The van der Waals surface area contributed by atoms with Crippen LogP contribution in [0.1, 0.15) is 23.6 Å². The number of carbonyl (C=O) groups excluding carboxylic acids is 2. The second-order valence-electron chi connectivity index (χ2n) is 6.15. The summed E-state index contributed by atoms with van der Waals surface area (Å²) in [5, 5.41) is 12.2. The van der Waals surface area contributed by atoms with Crippen LogP contribution in [-0.4, -0.2) is 25.1 Å². The Morgan fingerprint density at radius 3 is 2.66 bits per heavy atom. The number of nitriles is 1. The molecule has 0 unspecified atom stereocenters. The Morgan fingerprint density at radius 1 is 1.24 bits per heavy atom. The number of esters is 1. The van der Waals surface area contributed by atoms with Gasteiger partial charge in [-0.25, -0.2) is 4.79 Å². The van der Waals surface area contributed by atoms with Crippen LogP contribution in [0.2, 0.25) is 0 Å². The molecule has 0 radical (unpaired) electrons. The first-order valence-corrected chi connectivity index (χ1v) is 9.72. The van der Waals surface area contributed by atoms with Crippen molar-refractivity contribution in [3.05, 3.63) is 63.1 Å². The molecule has 0 aliphatic heterocycles. The number of ether oxygens (including phenoxy) is 2. The fourth-order valence-electron chi connectivity index (χ4n) is 2.45. The monoisotopic (exact) mass is 456 g/mol. The molecule has 6 nitrogen and oxygen atoms in total. The molecule has 0 heterocycles. The summed E-state index contributed by atoms with van der Waals surface area (Å²) in [7, 11) is 0. The van der Waals surface area contributed by atoms with E-state index in [1.54, 1.807) is 31.2 Å². The number of rotatable bonds is 7. The molecule has 0 aromatic heterocycles. The molecule has 29 heavy (non-hydrogen) atoms. The van der Waals surface area contributed by atoms with Gasteiger partial charge >= 0.3 is 5.97 Å². The van der Waals surface area contributed by atoms with Crippen LogP contribution in [0.4, 0.5) is 5.69 Å². The van der Waals surface area contributed by atoms with Crippen molar-refractivity contribution in [2.45, 2.75) is 20.8 Å². The van der Waals surface area contributed by atoms with E-state index in [9.17, 15) is 14.9 Å². The second kappa shape index (κ2) is 10.4. The van der Waals surface area contributed by atoms with Crippen LogP contribution in [0, 0.1) is 25.2 Å². The van der Waals surface area contributed by atoms with Crippen molar-refractivity contribution in [1.29, 1.82) is 5.26 Å². The van der Waals surface area contributed by atoms with Crippen molar-refractivity contribution in [1.82, 2.24) is 0 Å². The van der Waals surface area contributed by atoms with Crippen molar-refractivity contribution in [3.63, 3.8) is 0 Å². The highest BCUT2D eigenvalue weighted by molar-refractivity contribution is 9.10. The van der Waals surface area contributed by atoms with Crippen LogP contribution in [-0.2, 0) is 14.3 Å². The largest absolute Gasteiger partial charge is 0.481 e. The average Bonchev–Trinajstić information content (AvgIpc) is 2.69. The lowest BCUT2D eigenvalue weighted by atomic mass is 10.1. The van der Waals surface area contributed by atoms with Gasteiger partial charge in [0, 0.05) is 5.69 Å². The summed E-state index contributed by atoms with van der Waals surface area (Å²) >= 11 is 3.37. The number of anilines is 1. The van der Waals surface area contributed by atoms with E-state index in [1.165, 1.54) is 6.08 Å². The smallest absolute Gasteiger partial charge is 0.344 e. The Kier molecular flexibility index (Phi) is 7.98. The Hall–Kier alpha value is -3.11. The molecule has 7 heteroatoms. The van der Waals surface area contributed by atoms with Gasteiger partial charge < -0.3 is 14.8 Å². The molecule has 0 aliphatic rings. The normalized spacial score (nSPS) is 10.8. The Bertz CT molecular complexity index is 993. The van der Waals surface area contributed by atoms with Gasteiger partial charge in [0.15, 0.2) is 6.61 Å². The van der Waals surface area contributed by atoms with Gasteiger partial charge in [0.2, 0.25) is 0 Å². The van der Waals surface area contributed by atoms with Crippen molar-refractivity contribution < 1.29 is 19.1 Å². The van der Waals surface area contributed by atoms with E-state index in [0.717, 1.165) is 11.1 Å². The Balaban J connectivity index is 2.15. The number of amides is 1. The quantitative estimate of drug-likeness (QED) is 0.374. The summed E-state index contributed by atoms with van der Waals surface area (Å²) in [5.74, 6) is -0.494. The molecule has 0 fully saturated rings. The Morgan fingerprint density at radius 2 is 2.00 bits per heavy atom. The van der Waals surface area contributed by atoms with Crippen molar-refractivity contribution in [3.8, 4) is 11.8 Å². The predicted octanol–water partition coefficient (Wildman–Crippen LogP) is 4.55. The lowest BCUT2D eigenvalue weighted by molar-refractivity contribution is -0.145. The highest BCUT2D eigenvalue weighted by atomic mass is 79.9. The molecule has 1 amide bonds. The molecule has 2 aromatic carbocycles. The van der Waals surface area contributed by atoms with Crippen LogP contribution in [0.25, 0.3) is 6.08 Å². The number of hydrogen-bond donors (Lipinski definition) is 1. The summed E-state index contributed by atoms with van der Waals surface area (Å²) in [6.07, 6.45) is 1.49. The molecule has 0 bridgehead atoms. The summed E-state index contributed by atoms with van der Waals surface area (Å²) in [6, 6.07) is 12.6. The van der Waals surface area contributed by atoms with Crippen LogP contribution >= 0.6 is 15.9 Å². The fourth-order valence-corrected chi connectivity index (χ4v) is 2.97. The molecule has 0 aliphatic carbocycles. The lowest BCUT2D eigenvalue weighted by Gasteiger charge is -2.10. The number of nitrogens with one attached hydrogen (secondary N) is 1. The molecule has 0 saturated heterocycles. The van der Waals surface area contributed by atoms with Gasteiger partial charge in [-0.05, 0) is 77.7 Å². The van der Waals surface area contributed by atoms with E-state index in [4.69, 9.17) is 9.47 Å². The minimum atomic E-state index is -0.486. The van der Waals surface area contributed by atoms with Crippen molar-refractivity contribution >= 4 is 39.6 Å². The van der Waals surface area contributed by atoms with E-state index in [-0.39, 0.29) is 18.8 Å². The molecular weight excluding hydrogens is 436 g/mol.